The van der Waals surface area contributed by atoms with Gasteiger partial charge < -0.3 is 25.4 Å². The molecule has 1 atom stereocenters. The van der Waals surface area contributed by atoms with Gasteiger partial charge in [0.1, 0.15) is 11.6 Å². The number of carboxylic acids is 1. The lowest BCUT2D eigenvalue weighted by atomic mass is 10.0. The number of nitrogens with zero attached hydrogens (tertiary/aromatic N) is 3. The molecule has 46 heavy (non-hydrogen) atoms. The van der Waals surface area contributed by atoms with E-state index in [2.05, 4.69) is 25.3 Å². The second kappa shape index (κ2) is 14.2. The van der Waals surface area contributed by atoms with Gasteiger partial charge in [-0.25, -0.2) is 32.0 Å². The Labute approximate surface area is 264 Å². The molecular weight excluding hydrogens is 626 g/mol. The molecule has 16 heteroatoms. The molecule has 2 heterocycles. The number of benzene rings is 2. The molecule has 1 aromatic heterocycles. The summed E-state index contributed by atoms with van der Waals surface area (Å²) in [5.41, 5.74) is -1.85. The normalized spacial score (nSPS) is 14.8. The minimum Gasteiger partial charge on any atom is -0.478 e. The summed E-state index contributed by atoms with van der Waals surface area (Å²) in [6.45, 7) is 4.79. The number of esters is 1. The number of carbonyl (C=O) groups is 3. The number of hydrogen-bond acceptors (Lipinski definition) is 10. The van der Waals surface area contributed by atoms with Crippen molar-refractivity contribution in [2.45, 2.75) is 56.2 Å². The zero-order chi connectivity index (χ0) is 33.6. The number of ether oxygens (including phenoxy) is 1. The molecule has 4 N–H and O–H groups in total. The lowest BCUT2D eigenvalue weighted by molar-refractivity contribution is -0.156. The number of aromatic nitrogens is 2. The van der Waals surface area contributed by atoms with Crippen molar-refractivity contribution in [3.63, 3.8) is 0 Å². The SMILES string of the molecule is CC(C)(C)OC(=O)[C@H](CNC(=O)c1ccc(N2CCC(Nc3ncccn3)CC2)c(F)c1F)NS(=O)(=O)c1ccc(C(=O)O)cc1. The molecule has 0 spiro atoms. The van der Waals surface area contributed by atoms with Gasteiger partial charge in [0, 0.05) is 38.1 Å². The summed E-state index contributed by atoms with van der Waals surface area (Å²) in [7, 11) is -4.42. The van der Waals surface area contributed by atoms with Crippen molar-refractivity contribution in [3.8, 4) is 0 Å². The van der Waals surface area contributed by atoms with Crippen LogP contribution in [0.1, 0.15) is 54.3 Å². The van der Waals surface area contributed by atoms with Crippen LogP contribution in [-0.2, 0) is 19.6 Å². The molecule has 246 valence electrons. The number of amides is 1. The van der Waals surface area contributed by atoms with Crippen LogP contribution in [0.15, 0.2) is 59.8 Å². The van der Waals surface area contributed by atoms with Crippen molar-refractivity contribution in [3.05, 3.63) is 77.6 Å². The number of halogens is 2. The van der Waals surface area contributed by atoms with E-state index in [9.17, 15) is 22.8 Å². The zero-order valence-corrected chi connectivity index (χ0v) is 26.1. The molecule has 0 bridgehead atoms. The maximum Gasteiger partial charge on any atom is 0.335 e. The Hall–Kier alpha value is -4.70. The van der Waals surface area contributed by atoms with Crippen LogP contribution < -0.4 is 20.3 Å². The maximum atomic E-state index is 15.2. The number of rotatable bonds is 11. The first kappa shape index (κ1) is 34.2. The van der Waals surface area contributed by atoms with E-state index in [1.54, 1.807) is 44.1 Å². The van der Waals surface area contributed by atoms with Crippen LogP contribution in [0, 0.1) is 11.6 Å². The molecule has 1 amide bonds. The van der Waals surface area contributed by atoms with Gasteiger partial charge in [0.05, 0.1) is 21.7 Å². The zero-order valence-electron chi connectivity index (χ0n) is 25.3. The minimum atomic E-state index is -4.42. The Kier molecular flexibility index (Phi) is 10.5. The number of carboxylic acid groups (broad SMARTS) is 1. The van der Waals surface area contributed by atoms with Crippen molar-refractivity contribution in [2.75, 3.05) is 29.9 Å². The van der Waals surface area contributed by atoms with Crippen LogP contribution in [-0.4, -0.2) is 78.7 Å². The third-order valence-corrected chi connectivity index (χ3v) is 8.40. The lowest BCUT2D eigenvalue weighted by Crippen LogP contribution is -2.50. The van der Waals surface area contributed by atoms with Crippen LogP contribution in [0.5, 0.6) is 0 Å². The molecule has 13 nitrogen and oxygen atoms in total. The number of hydrogen-bond donors (Lipinski definition) is 4. The lowest BCUT2D eigenvalue weighted by Gasteiger charge is -2.34. The molecule has 1 saturated heterocycles. The molecule has 1 aliphatic rings. The highest BCUT2D eigenvalue weighted by Crippen LogP contribution is 2.27. The standard InChI is InChI=1S/C30H34F2N6O7S/c1-30(2,3)45-28(42)22(37-46(43,44)20-7-5-18(6-8-20)27(40)41)17-35-26(39)21-9-10-23(25(32)24(21)31)38-15-11-19(12-16-38)36-29-33-13-4-14-34-29/h4-10,13-14,19,22,37H,11-12,15-17H2,1-3H3,(H,35,39)(H,40,41)(H,33,34,36)/t22-/m0/s1. The van der Waals surface area contributed by atoms with Crippen LogP contribution in [0.2, 0.25) is 0 Å². The van der Waals surface area contributed by atoms with Gasteiger partial charge >= 0.3 is 11.9 Å². The molecule has 0 aliphatic carbocycles. The number of aromatic carboxylic acids is 1. The fraction of sp³-hybridized carbons (Fsp3) is 0.367. The topological polar surface area (TPSA) is 180 Å². The summed E-state index contributed by atoms with van der Waals surface area (Å²) in [6.07, 6.45) is 4.43. The number of nitrogens with one attached hydrogen (secondary N) is 3. The predicted molar refractivity (Wildman–Crippen MR) is 163 cm³/mol. The van der Waals surface area contributed by atoms with E-state index >= 15 is 8.78 Å². The number of sulfonamides is 1. The summed E-state index contributed by atoms with van der Waals surface area (Å²) in [4.78, 5) is 46.5. The fourth-order valence-electron chi connectivity index (χ4n) is 4.65. The molecule has 4 rings (SSSR count). The first-order valence-corrected chi connectivity index (χ1v) is 15.8. The second-order valence-corrected chi connectivity index (χ2v) is 13.2. The molecule has 3 aromatic rings. The largest absolute Gasteiger partial charge is 0.478 e. The van der Waals surface area contributed by atoms with E-state index in [0.29, 0.717) is 31.9 Å². The van der Waals surface area contributed by atoms with E-state index in [-0.39, 0.29) is 22.2 Å². The van der Waals surface area contributed by atoms with Gasteiger partial charge in [-0.1, -0.05) is 0 Å². The molecule has 0 unspecified atom stereocenters. The third kappa shape index (κ3) is 8.72. The van der Waals surface area contributed by atoms with Gasteiger partial charge in [-0.05, 0) is 76.1 Å². The average Bonchev–Trinajstić information content (AvgIpc) is 3.00. The monoisotopic (exact) mass is 660 g/mol. The van der Waals surface area contributed by atoms with Crippen LogP contribution in [0.4, 0.5) is 20.4 Å². The number of anilines is 2. The highest BCUT2D eigenvalue weighted by Gasteiger charge is 2.32. The molecule has 2 aromatic carbocycles. The van der Waals surface area contributed by atoms with E-state index in [1.807, 2.05) is 0 Å². The van der Waals surface area contributed by atoms with Crippen LogP contribution >= 0.6 is 0 Å². The van der Waals surface area contributed by atoms with Crippen molar-refractivity contribution < 1.29 is 41.4 Å². The quantitative estimate of drug-likeness (QED) is 0.222. The Morgan fingerprint density at radius 3 is 2.24 bits per heavy atom. The summed E-state index contributed by atoms with van der Waals surface area (Å²) in [5, 5.41) is 14.6. The highest BCUT2D eigenvalue weighted by molar-refractivity contribution is 7.89. The van der Waals surface area contributed by atoms with E-state index in [1.165, 1.54) is 6.07 Å². The van der Waals surface area contributed by atoms with Gasteiger partial charge in [0.25, 0.3) is 5.91 Å². The van der Waals surface area contributed by atoms with E-state index < -0.39 is 63.3 Å². The predicted octanol–water partition coefficient (Wildman–Crippen LogP) is 2.95. The maximum absolute atomic E-state index is 15.2. The van der Waals surface area contributed by atoms with Crippen molar-refractivity contribution >= 4 is 39.5 Å². The summed E-state index contributed by atoms with van der Waals surface area (Å²) < 4.78 is 63.8. The first-order chi connectivity index (χ1) is 21.6. The second-order valence-electron chi connectivity index (χ2n) is 11.5. The average molecular weight is 661 g/mol. The van der Waals surface area contributed by atoms with E-state index in [0.717, 1.165) is 30.3 Å². The van der Waals surface area contributed by atoms with Crippen molar-refractivity contribution in [1.82, 2.24) is 20.0 Å². The van der Waals surface area contributed by atoms with Gasteiger partial charge in [-0.15, -0.1) is 0 Å². The number of piperidine rings is 1. The highest BCUT2D eigenvalue weighted by atomic mass is 32.2. The molecule has 0 saturated carbocycles. The summed E-state index contributed by atoms with van der Waals surface area (Å²) in [6, 6.07) is 6.68. The third-order valence-electron chi connectivity index (χ3n) is 6.91. The molecule has 0 radical (unpaired) electrons. The Balaban J connectivity index is 1.44. The van der Waals surface area contributed by atoms with Crippen LogP contribution in [0.3, 0.4) is 0 Å². The molecule has 1 fully saturated rings. The van der Waals surface area contributed by atoms with E-state index in [4.69, 9.17) is 9.84 Å². The van der Waals surface area contributed by atoms with Gasteiger partial charge in [-0.2, -0.15) is 4.72 Å². The molecule has 1 aliphatic heterocycles. The smallest absolute Gasteiger partial charge is 0.335 e. The Morgan fingerprint density at radius 2 is 1.65 bits per heavy atom. The van der Waals surface area contributed by atoms with Gasteiger partial charge in [-0.3, -0.25) is 9.59 Å². The first-order valence-electron chi connectivity index (χ1n) is 14.3. The van der Waals surface area contributed by atoms with Crippen molar-refractivity contribution in [1.29, 1.82) is 0 Å². The Morgan fingerprint density at radius 1 is 1.02 bits per heavy atom. The fourth-order valence-corrected chi connectivity index (χ4v) is 5.83. The minimum absolute atomic E-state index is 0.0169. The number of carbonyl (C=O) groups excluding carboxylic acids is 2. The van der Waals surface area contributed by atoms with Crippen molar-refractivity contribution in [2.24, 2.45) is 0 Å². The Bertz CT molecular complexity index is 1680. The summed E-state index contributed by atoms with van der Waals surface area (Å²) in [5.74, 6) is -5.55. The van der Waals surface area contributed by atoms with Crippen LogP contribution in [0.25, 0.3) is 0 Å². The van der Waals surface area contributed by atoms with Gasteiger partial charge in [0.15, 0.2) is 11.6 Å². The van der Waals surface area contributed by atoms with Gasteiger partial charge in [0.2, 0.25) is 16.0 Å². The molecular formula is C30H34F2N6O7S. The summed E-state index contributed by atoms with van der Waals surface area (Å²) >= 11 is 0.